The number of hydrogen-bond acceptors (Lipinski definition) is 4. The highest BCUT2D eigenvalue weighted by molar-refractivity contribution is 5.89. The Labute approximate surface area is 116 Å². The average molecular weight is 268 g/mol. The smallest absolute Gasteiger partial charge is 0.141 e. The minimum atomic E-state index is 0.542. The maximum atomic E-state index is 4.45. The van der Waals surface area contributed by atoms with Gasteiger partial charge >= 0.3 is 0 Å². The summed E-state index contributed by atoms with van der Waals surface area (Å²) in [6, 6.07) is 2.54. The Hall–Kier alpha value is -2.21. The summed E-state index contributed by atoms with van der Waals surface area (Å²) in [6.07, 6.45) is 9.90. The van der Waals surface area contributed by atoms with E-state index in [9.17, 15) is 0 Å². The number of hydrogen-bond donors (Lipinski definition) is 2. The van der Waals surface area contributed by atoms with Crippen LogP contribution < -0.4 is 5.32 Å². The number of aromatic amines is 1. The zero-order valence-electron chi connectivity index (χ0n) is 11.1. The Bertz CT molecular complexity index is 722. The summed E-state index contributed by atoms with van der Waals surface area (Å²) in [5.41, 5.74) is 2.83. The van der Waals surface area contributed by atoms with Crippen molar-refractivity contribution in [1.29, 1.82) is 0 Å². The van der Waals surface area contributed by atoms with Gasteiger partial charge in [-0.3, -0.25) is 4.68 Å². The molecule has 4 heterocycles. The molecule has 1 aliphatic rings. The second-order valence-corrected chi connectivity index (χ2v) is 5.21. The van der Waals surface area contributed by atoms with E-state index in [1.807, 2.05) is 23.1 Å². The van der Waals surface area contributed by atoms with Crippen molar-refractivity contribution in [3.8, 4) is 11.3 Å². The van der Waals surface area contributed by atoms with Crippen molar-refractivity contribution in [1.82, 2.24) is 30.0 Å². The van der Waals surface area contributed by atoms with Crippen LogP contribution in [0, 0.1) is 0 Å². The monoisotopic (exact) mass is 268 g/mol. The third-order valence-corrected chi connectivity index (χ3v) is 3.83. The molecule has 0 aromatic carbocycles. The molecule has 2 N–H and O–H groups in total. The van der Waals surface area contributed by atoms with Crippen LogP contribution in [0.4, 0.5) is 0 Å². The second kappa shape index (κ2) is 4.72. The highest BCUT2D eigenvalue weighted by Gasteiger charge is 2.15. The number of nitrogens with one attached hydrogen (secondary N) is 2. The van der Waals surface area contributed by atoms with Crippen LogP contribution in [0.2, 0.25) is 0 Å². The van der Waals surface area contributed by atoms with Gasteiger partial charge < -0.3 is 10.3 Å². The van der Waals surface area contributed by atoms with Crippen molar-refractivity contribution in [3.63, 3.8) is 0 Å². The van der Waals surface area contributed by atoms with E-state index in [-0.39, 0.29) is 0 Å². The lowest BCUT2D eigenvalue weighted by Crippen LogP contribution is -2.26. The van der Waals surface area contributed by atoms with Gasteiger partial charge in [-0.05, 0) is 25.5 Å². The fourth-order valence-corrected chi connectivity index (χ4v) is 2.83. The molecule has 4 rings (SSSR count). The maximum absolute atomic E-state index is 4.45. The van der Waals surface area contributed by atoms with Gasteiger partial charge in [0.2, 0.25) is 0 Å². The topological polar surface area (TPSA) is 71.4 Å². The quantitative estimate of drug-likeness (QED) is 0.756. The lowest BCUT2D eigenvalue weighted by atomic mass is 10.2. The van der Waals surface area contributed by atoms with Crippen LogP contribution >= 0.6 is 0 Å². The van der Waals surface area contributed by atoms with Crippen LogP contribution in [0.1, 0.15) is 12.8 Å². The van der Waals surface area contributed by atoms with E-state index in [0.29, 0.717) is 6.04 Å². The number of H-pyrrole nitrogens is 1. The number of fused-ring (bicyclic) bond motifs is 1. The van der Waals surface area contributed by atoms with Gasteiger partial charge in [-0.25, -0.2) is 9.97 Å². The summed E-state index contributed by atoms with van der Waals surface area (Å²) in [5.74, 6) is 0. The Kier molecular flexibility index (Phi) is 2.74. The molecule has 6 nitrogen and oxygen atoms in total. The van der Waals surface area contributed by atoms with Gasteiger partial charge in [0.05, 0.1) is 18.4 Å². The molecule has 0 unspecified atom stereocenters. The van der Waals surface area contributed by atoms with Crippen LogP contribution in [-0.4, -0.2) is 37.3 Å². The van der Waals surface area contributed by atoms with Crippen molar-refractivity contribution in [3.05, 3.63) is 31.0 Å². The molecule has 20 heavy (non-hydrogen) atoms. The standard InChI is InChI=1S/C14H16N6/c1-2-11(15-4-1)8-20-7-10(6-19-20)13-12-3-5-16-14(12)18-9-17-13/h3,5-7,9,11,15H,1-2,4,8H2,(H,16,17,18)/t11-/m1/s1. The Morgan fingerprint density at radius 1 is 1.35 bits per heavy atom. The Morgan fingerprint density at radius 3 is 3.25 bits per heavy atom. The molecule has 1 atom stereocenters. The largest absolute Gasteiger partial charge is 0.346 e. The fraction of sp³-hybridized carbons (Fsp3) is 0.357. The molecule has 0 radical (unpaired) electrons. The third-order valence-electron chi connectivity index (χ3n) is 3.83. The molecule has 3 aromatic heterocycles. The molecule has 0 aliphatic carbocycles. The first-order valence-corrected chi connectivity index (χ1v) is 6.94. The number of aromatic nitrogens is 5. The average Bonchev–Trinajstić information content (AvgIpc) is 3.19. The summed E-state index contributed by atoms with van der Waals surface area (Å²) in [4.78, 5) is 11.7. The SMILES string of the molecule is c1nc(-c2cnn(C[C@H]3CCCN3)c2)c2cc[nH]c2n1. The van der Waals surface area contributed by atoms with Crippen molar-refractivity contribution in [2.24, 2.45) is 0 Å². The van der Waals surface area contributed by atoms with E-state index in [0.717, 1.165) is 35.4 Å². The first kappa shape index (κ1) is 11.6. The first-order valence-electron chi connectivity index (χ1n) is 6.94. The molecule has 0 bridgehead atoms. The predicted molar refractivity (Wildman–Crippen MR) is 76.1 cm³/mol. The lowest BCUT2D eigenvalue weighted by Gasteiger charge is -2.09. The van der Waals surface area contributed by atoms with Crippen LogP contribution in [0.25, 0.3) is 22.3 Å². The Balaban J connectivity index is 1.65. The van der Waals surface area contributed by atoms with Crippen LogP contribution in [0.15, 0.2) is 31.0 Å². The van der Waals surface area contributed by atoms with Crippen molar-refractivity contribution in [2.75, 3.05) is 6.54 Å². The van der Waals surface area contributed by atoms with Crippen LogP contribution in [-0.2, 0) is 6.54 Å². The maximum Gasteiger partial charge on any atom is 0.141 e. The van der Waals surface area contributed by atoms with Gasteiger partial charge in [0.25, 0.3) is 0 Å². The second-order valence-electron chi connectivity index (χ2n) is 5.21. The van der Waals surface area contributed by atoms with Crippen molar-refractivity contribution in [2.45, 2.75) is 25.4 Å². The zero-order valence-corrected chi connectivity index (χ0v) is 11.1. The van der Waals surface area contributed by atoms with Gasteiger partial charge in [0, 0.05) is 29.4 Å². The van der Waals surface area contributed by atoms with E-state index in [1.54, 1.807) is 6.33 Å². The minimum absolute atomic E-state index is 0.542. The Morgan fingerprint density at radius 2 is 2.35 bits per heavy atom. The molecule has 3 aromatic rings. The summed E-state index contributed by atoms with van der Waals surface area (Å²) in [5, 5.41) is 8.97. The predicted octanol–water partition coefficient (Wildman–Crippen LogP) is 1.57. The molecule has 0 spiro atoms. The third kappa shape index (κ3) is 1.98. The highest BCUT2D eigenvalue weighted by atomic mass is 15.3. The normalized spacial score (nSPS) is 18.9. The number of rotatable bonds is 3. The van der Waals surface area contributed by atoms with E-state index >= 15 is 0 Å². The van der Waals surface area contributed by atoms with E-state index < -0.39 is 0 Å². The zero-order chi connectivity index (χ0) is 13.4. The first-order chi connectivity index (χ1) is 9.90. The van der Waals surface area contributed by atoms with Gasteiger partial charge in [-0.1, -0.05) is 0 Å². The van der Waals surface area contributed by atoms with E-state index in [4.69, 9.17) is 0 Å². The highest BCUT2D eigenvalue weighted by Crippen LogP contribution is 2.24. The lowest BCUT2D eigenvalue weighted by molar-refractivity contribution is 0.476. The van der Waals surface area contributed by atoms with Crippen molar-refractivity contribution >= 4 is 11.0 Å². The molecule has 102 valence electrons. The molecule has 0 saturated carbocycles. The van der Waals surface area contributed by atoms with Gasteiger partial charge in [-0.2, -0.15) is 5.10 Å². The van der Waals surface area contributed by atoms with Gasteiger partial charge in [0.1, 0.15) is 12.0 Å². The van der Waals surface area contributed by atoms with Crippen LogP contribution in [0.5, 0.6) is 0 Å². The van der Waals surface area contributed by atoms with E-state index in [2.05, 4.69) is 31.6 Å². The van der Waals surface area contributed by atoms with Gasteiger partial charge in [-0.15, -0.1) is 0 Å². The molecule has 6 heteroatoms. The molecule has 0 amide bonds. The van der Waals surface area contributed by atoms with Crippen molar-refractivity contribution < 1.29 is 0 Å². The minimum Gasteiger partial charge on any atom is -0.346 e. The summed E-state index contributed by atoms with van der Waals surface area (Å²) < 4.78 is 2.00. The van der Waals surface area contributed by atoms with E-state index in [1.165, 1.54) is 12.8 Å². The summed E-state index contributed by atoms with van der Waals surface area (Å²) >= 11 is 0. The molecular weight excluding hydrogens is 252 g/mol. The number of nitrogens with zero attached hydrogens (tertiary/aromatic N) is 4. The molecule has 1 fully saturated rings. The fourth-order valence-electron chi connectivity index (χ4n) is 2.83. The molecule has 1 aliphatic heterocycles. The van der Waals surface area contributed by atoms with Crippen LogP contribution in [0.3, 0.4) is 0 Å². The summed E-state index contributed by atoms with van der Waals surface area (Å²) in [7, 11) is 0. The molecule has 1 saturated heterocycles. The summed E-state index contributed by atoms with van der Waals surface area (Å²) in [6.45, 7) is 2.04. The van der Waals surface area contributed by atoms with Gasteiger partial charge in [0.15, 0.2) is 0 Å². The molecular formula is C14H16N6.